The maximum Gasteiger partial charge on any atom is 0.315 e. The summed E-state index contributed by atoms with van der Waals surface area (Å²) in [5, 5.41) is 0. The lowest BCUT2D eigenvalue weighted by Crippen LogP contribution is -3.14. The van der Waals surface area contributed by atoms with Crippen LogP contribution in [0, 0.1) is 23.2 Å². The lowest BCUT2D eigenvalue weighted by atomic mass is 9.59. The zero-order valence-electron chi connectivity index (χ0n) is 14.5. The smallest absolute Gasteiger partial charge is 0.315 e. The molecule has 4 rings (SSSR count). The van der Waals surface area contributed by atoms with Gasteiger partial charge in [-0.3, -0.25) is 4.79 Å². The third-order valence-corrected chi connectivity index (χ3v) is 7.78. The van der Waals surface area contributed by atoms with E-state index in [4.69, 9.17) is 4.74 Å². The van der Waals surface area contributed by atoms with E-state index in [9.17, 15) is 4.79 Å². The molecule has 0 aromatic heterocycles. The number of ether oxygens (including phenoxy) is 1. The summed E-state index contributed by atoms with van der Waals surface area (Å²) in [4.78, 5) is 14.1. The van der Waals surface area contributed by atoms with Gasteiger partial charge in [-0.05, 0) is 30.6 Å². The Morgan fingerprint density at radius 3 is 2.96 bits per heavy atom. The van der Waals surface area contributed by atoms with Crippen molar-refractivity contribution >= 4 is 17.7 Å². The van der Waals surface area contributed by atoms with Crippen LogP contribution >= 0.6 is 11.8 Å². The monoisotopic (exact) mass is 336 g/mol. The summed E-state index contributed by atoms with van der Waals surface area (Å²) in [7, 11) is 0. The minimum Gasteiger partial charge on any atom is -0.461 e. The Labute approximate surface area is 144 Å². The molecule has 1 saturated carbocycles. The molecule has 0 radical (unpaired) electrons. The lowest BCUT2D eigenvalue weighted by Gasteiger charge is -2.46. The molecule has 0 bridgehead atoms. The molecule has 0 aromatic rings. The van der Waals surface area contributed by atoms with Crippen LogP contribution in [-0.4, -0.2) is 43.2 Å². The van der Waals surface area contributed by atoms with Crippen LogP contribution < -0.4 is 4.90 Å². The van der Waals surface area contributed by atoms with Gasteiger partial charge >= 0.3 is 5.97 Å². The standard InChI is InChI=1S/C19H29NO2S/c1-13-4-3-5-19(2)11-17-14(10-16(13)19)15(18(21)22-17)12-20-6-8-23-9-7-20/h10,13-15,17H,3-9,11-12H2,1-2H3/p+1/t13-,14-,15+,17-,19-/m1/s1. The van der Waals surface area contributed by atoms with Crippen LogP contribution in [0.2, 0.25) is 0 Å². The summed E-state index contributed by atoms with van der Waals surface area (Å²) in [6.45, 7) is 8.17. The molecule has 0 spiro atoms. The van der Waals surface area contributed by atoms with Crippen LogP contribution in [0.15, 0.2) is 11.6 Å². The van der Waals surface area contributed by atoms with Crippen molar-refractivity contribution in [3.05, 3.63) is 11.6 Å². The number of thioether (sulfide) groups is 1. The number of fused-ring (bicyclic) bond motifs is 2. The van der Waals surface area contributed by atoms with Crippen molar-refractivity contribution in [2.75, 3.05) is 31.1 Å². The molecule has 2 saturated heterocycles. The van der Waals surface area contributed by atoms with Crippen LogP contribution in [0.4, 0.5) is 0 Å². The summed E-state index contributed by atoms with van der Waals surface area (Å²) < 4.78 is 5.87. The van der Waals surface area contributed by atoms with E-state index < -0.39 is 0 Å². The highest BCUT2D eigenvalue weighted by atomic mass is 32.2. The molecule has 5 atom stereocenters. The molecule has 0 aromatic carbocycles. The average Bonchev–Trinajstić information content (AvgIpc) is 2.81. The van der Waals surface area contributed by atoms with Gasteiger partial charge in [0, 0.05) is 17.4 Å². The zero-order chi connectivity index (χ0) is 16.0. The van der Waals surface area contributed by atoms with Gasteiger partial charge in [0.1, 0.15) is 12.0 Å². The first kappa shape index (κ1) is 16.0. The molecule has 3 nitrogen and oxygen atoms in total. The van der Waals surface area contributed by atoms with E-state index in [2.05, 4.69) is 19.9 Å². The molecule has 2 heterocycles. The Morgan fingerprint density at radius 1 is 1.39 bits per heavy atom. The van der Waals surface area contributed by atoms with Crippen LogP contribution in [0.1, 0.15) is 39.5 Å². The predicted molar refractivity (Wildman–Crippen MR) is 93.6 cm³/mol. The van der Waals surface area contributed by atoms with E-state index >= 15 is 0 Å². The summed E-state index contributed by atoms with van der Waals surface area (Å²) in [6.07, 6.45) is 7.59. The quantitative estimate of drug-likeness (QED) is 0.617. The number of carbonyl (C=O) groups is 1. The molecular formula is C19H30NO2S+. The van der Waals surface area contributed by atoms with Crippen LogP contribution in [-0.2, 0) is 9.53 Å². The first-order valence-electron chi connectivity index (χ1n) is 9.41. The highest BCUT2D eigenvalue weighted by molar-refractivity contribution is 7.99. The van der Waals surface area contributed by atoms with Gasteiger partial charge in [-0.25, -0.2) is 0 Å². The van der Waals surface area contributed by atoms with E-state index in [0.717, 1.165) is 13.0 Å². The normalized spacial score (nSPS) is 44.3. The molecule has 2 aliphatic heterocycles. The molecule has 4 aliphatic rings. The second-order valence-corrected chi connectivity index (χ2v) is 9.63. The second kappa shape index (κ2) is 6.11. The van der Waals surface area contributed by atoms with Gasteiger partial charge in [-0.1, -0.05) is 31.9 Å². The van der Waals surface area contributed by atoms with Gasteiger partial charge in [0.05, 0.1) is 19.6 Å². The van der Waals surface area contributed by atoms with Crippen LogP contribution in [0.25, 0.3) is 0 Å². The minimum absolute atomic E-state index is 0.0810. The van der Waals surface area contributed by atoms with Crippen molar-refractivity contribution in [1.82, 2.24) is 0 Å². The Hall–Kier alpha value is -0.480. The molecule has 128 valence electrons. The number of rotatable bonds is 2. The Kier molecular flexibility index (Phi) is 4.25. The molecule has 23 heavy (non-hydrogen) atoms. The van der Waals surface area contributed by atoms with Gasteiger partial charge in [-0.15, -0.1) is 0 Å². The number of nitrogens with one attached hydrogen (secondary N) is 1. The van der Waals surface area contributed by atoms with Gasteiger partial charge < -0.3 is 9.64 Å². The van der Waals surface area contributed by atoms with Crippen molar-refractivity contribution in [2.45, 2.75) is 45.6 Å². The van der Waals surface area contributed by atoms with Crippen molar-refractivity contribution in [3.63, 3.8) is 0 Å². The fraction of sp³-hybridized carbons (Fsp3) is 0.842. The fourth-order valence-electron chi connectivity index (χ4n) is 5.46. The largest absolute Gasteiger partial charge is 0.461 e. The summed E-state index contributed by atoms with van der Waals surface area (Å²) in [5.41, 5.74) is 1.92. The number of hydrogen-bond acceptors (Lipinski definition) is 3. The average molecular weight is 337 g/mol. The summed E-state index contributed by atoms with van der Waals surface area (Å²) in [5.74, 6) is 3.68. The Morgan fingerprint density at radius 2 is 2.17 bits per heavy atom. The number of esters is 1. The third-order valence-electron chi connectivity index (χ3n) is 6.79. The van der Waals surface area contributed by atoms with Gasteiger partial charge in [-0.2, -0.15) is 11.8 Å². The maximum absolute atomic E-state index is 12.5. The molecule has 1 N–H and O–H groups in total. The SMILES string of the molecule is C[C@@H]1CCC[C@]2(C)C[C@H]3OC(=O)[C@@H](C[NH+]4CCSCC4)[C@H]3C=C12. The highest BCUT2D eigenvalue weighted by Gasteiger charge is 2.52. The molecule has 4 heteroatoms. The molecule has 0 amide bonds. The van der Waals surface area contributed by atoms with Crippen molar-refractivity contribution in [3.8, 4) is 0 Å². The van der Waals surface area contributed by atoms with E-state index in [1.165, 1.54) is 43.9 Å². The summed E-state index contributed by atoms with van der Waals surface area (Å²) in [6, 6.07) is 0. The number of hydrogen-bond donors (Lipinski definition) is 1. The first-order chi connectivity index (χ1) is 11.1. The minimum atomic E-state index is 0.0810. The van der Waals surface area contributed by atoms with E-state index in [1.54, 1.807) is 10.5 Å². The topological polar surface area (TPSA) is 30.7 Å². The maximum atomic E-state index is 12.5. The van der Waals surface area contributed by atoms with E-state index in [-0.39, 0.29) is 23.4 Å². The highest BCUT2D eigenvalue weighted by Crippen LogP contribution is 2.53. The fourth-order valence-corrected chi connectivity index (χ4v) is 6.53. The lowest BCUT2D eigenvalue weighted by molar-refractivity contribution is -0.898. The second-order valence-electron chi connectivity index (χ2n) is 8.41. The number of allylic oxidation sites excluding steroid dienone is 1. The molecular weight excluding hydrogens is 306 g/mol. The van der Waals surface area contributed by atoms with Crippen LogP contribution in [0.5, 0.6) is 0 Å². The first-order valence-corrected chi connectivity index (χ1v) is 10.6. The van der Waals surface area contributed by atoms with Crippen molar-refractivity contribution < 1.29 is 14.4 Å². The van der Waals surface area contributed by atoms with Gasteiger partial charge in [0.2, 0.25) is 0 Å². The summed E-state index contributed by atoms with van der Waals surface area (Å²) >= 11 is 2.05. The number of quaternary nitrogens is 1. The predicted octanol–water partition coefficient (Wildman–Crippen LogP) is 1.93. The molecule has 0 unspecified atom stereocenters. The van der Waals surface area contributed by atoms with Crippen LogP contribution in [0.3, 0.4) is 0 Å². The third kappa shape index (κ3) is 2.86. The molecule has 2 aliphatic carbocycles. The Balaban J connectivity index is 1.56. The number of carbonyl (C=O) groups excluding carboxylic acids is 1. The molecule has 3 fully saturated rings. The van der Waals surface area contributed by atoms with Crippen molar-refractivity contribution in [1.29, 1.82) is 0 Å². The zero-order valence-corrected chi connectivity index (χ0v) is 15.3. The van der Waals surface area contributed by atoms with Crippen molar-refractivity contribution in [2.24, 2.45) is 23.2 Å². The Bertz CT molecular complexity index is 513. The van der Waals surface area contributed by atoms with E-state index in [1.807, 2.05) is 11.8 Å². The van der Waals surface area contributed by atoms with Gasteiger partial charge in [0.15, 0.2) is 0 Å². The van der Waals surface area contributed by atoms with Gasteiger partial charge in [0.25, 0.3) is 0 Å². The van der Waals surface area contributed by atoms with E-state index in [0.29, 0.717) is 11.8 Å².